The third-order valence-corrected chi connectivity index (χ3v) is 3.38. The first-order chi connectivity index (χ1) is 10.4. The SMILES string of the molecule is c1ccc(-c2ncc(-c3ccc4ccccc4n3)o2)cc1. The third-order valence-electron chi connectivity index (χ3n) is 3.38. The van der Waals surface area contributed by atoms with Gasteiger partial charge in [-0.1, -0.05) is 42.5 Å². The average molecular weight is 272 g/mol. The zero-order chi connectivity index (χ0) is 14.1. The fourth-order valence-electron chi connectivity index (χ4n) is 2.31. The van der Waals surface area contributed by atoms with Crippen LogP contribution in [0, 0.1) is 0 Å². The smallest absolute Gasteiger partial charge is 0.226 e. The number of nitrogens with zero attached hydrogens (tertiary/aromatic N) is 2. The summed E-state index contributed by atoms with van der Waals surface area (Å²) in [4.78, 5) is 8.95. The quantitative estimate of drug-likeness (QED) is 0.537. The normalized spacial score (nSPS) is 10.9. The molecule has 0 bridgehead atoms. The molecule has 0 saturated carbocycles. The molecule has 21 heavy (non-hydrogen) atoms. The summed E-state index contributed by atoms with van der Waals surface area (Å²) in [5.74, 6) is 1.29. The van der Waals surface area contributed by atoms with Gasteiger partial charge in [-0.05, 0) is 24.3 Å². The van der Waals surface area contributed by atoms with Gasteiger partial charge in [-0.25, -0.2) is 9.97 Å². The number of fused-ring (bicyclic) bond motifs is 1. The highest BCUT2D eigenvalue weighted by atomic mass is 16.4. The molecule has 0 N–H and O–H groups in total. The molecule has 0 radical (unpaired) electrons. The molecule has 0 spiro atoms. The predicted octanol–water partition coefficient (Wildman–Crippen LogP) is 4.56. The van der Waals surface area contributed by atoms with Gasteiger partial charge in [0.2, 0.25) is 5.89 Å². The highest BCUT2D eigenvalue weighted by molar-refractivity contribution is 5.80. The van der Waals surface area contributed by atoms with E-state index in [1.54, 1.807) is 6.20 Å². The summed E-state index contributed by atoms with van der Waals surface area (Å²) in [5.41, 5.74) is 2.71. The fraction of sp³-hybridized carbons (Fsp3) is 0. The standard InChI is InChI=1S/C18H12N2O/c1-2-7-14(8-3-1)18-19-12-17(21-18)16-11-10-13-6-4-5-9-15(13)20-16/h1-12H. The molecule has 4 rings (SSSR count). The van der Waals surface area contributed by atoms with E-state index in [0.29, 0.717) is 11.7 Å². The highest BCUT2D eigenvalue weighted by Crippen LogP contribution is 2.26. The summed E-state index contributed by atoms with van der Waals surface area (Å²) in [5, 5.41) is 1.11. The molecule has 0 aliphatic rings. The molecule has 100 valence electrons. The van der Waals surface area contributed by atoms with E-state index in [1.807, 2.05) is 66.7 Å². The van der Waals surface area contributed by atoms with Crippen molar-refractivity contribution in [1.82, 2.24) is 9.97 Å². The van der Waals surface area contributed by atoms with E-state index in [0.717, 1.165) is 22.2 Å². The number of hydrogen-bond acceptors (Lipinski definition) is 3. The van der Waals surface area contributed by atoms with Crippen molar-refractivity contribution in [3.63, 3.8) is 0 Å². The monoisotopic (exact) mass is 272 g/mol. The molecule has 4 aromatic rings. The first-order valence-corrected chi connectivity index (χ1v) is 6.77. The molecule has 3 nitrogen and oxygen atoms in total. The Morgan fingerprint density at radius 1 is 0.762 bits per heavy atom. The molecule has 0 fully saturated rings. The van der Waals surface area contributed by atoms with Crippen LogP contribution in [0.25, 0.3) is 33.8 Å². The van der Waals surface area contributed by atoms with Crippen molar-refractivity contribution >= 4 is 10.9 Å². The predicted molar refractivity (Wildman–Crippen MR) is 82.7 cm³/mol. The molecular formula is C18H12N2O. The number of pyridine rings is 1. The zero-order valence-corrected chi connectivity index (χ0v) is 11.2. The summed E-state index contributed by atoms with van der Waals surface area (Å²) >= 11 is 0. The number of rotatable bonds is 2. The van der Waals surface area contributed by atoms with Gasteiger partial charge in [-0.15, -0.1) is 0 Å². The fourth-order valence-corrected chi connectivity index (χ4v) is 2.31. The molecule has 2 heterocycles. The van der Waals surface area contributed by atoms with Crippen LogP contribution < -0.4 is 0 Å². The number of hydrogen-bond donors (Lipinski definition) is 0. The Labute approximate surface area is 121 Å². The molecule has 0 aliphatic carbocycles. The minimum Gasteiger partial charge on any atom is -0.434 e. The van der Waals surface area contributed by atoms with Gasteiger partial charge < -0.3 is 4.42 Å². The van der Waals surface area contributed by atoms with E-state index in [2.05, 4.69) is 9.97 Å². The second kappa shape index (κ2) is 4.87. The third kappa shape index (κ3) is 2.19. The van der Waals surface area contributed by atoms with Gasteiger partial charge in [-0.3, -0.25) is 0 Å². The van der Waals surface area contributed by atoms with Gasteiger partial charge in [0.1, 0.15) is 5.69 Å². The van der Waals surface area contributed by atoms with Crippen molar-refractivity contribution < 1.29 is 4.42 Å². The van der Waals surface area contributed by atoms with Crippen LogP contribution in [0.5, 0.6) is 0 Å². The molecule has 0 amide bonds. The maximum absolute atomic E-state index is 5.83. The second-order valence-corrected chi connectivity index (χ2v) is 4.78. The molecule has 0 aliphatic heterocycles. The van der Waals surface area contributed by atoms with Crippen LogP contribution in [-0.2, 0) is 0 Å². The van der Waals surface area contributed by atoms with Gasteiger partial charge in [0.25, 0.3) is 0 Å². The maximum atomic E-state index is 5.83. The van der Waals surface area contributed by atoms with Gasteiger partial charge in [0, 0.05) is 10.9 Å². The van der Waals surface area contributed by atoms with Gasteiger partial charge in [-0.2, -0.15) is 0 Å². The van der Waals surface area contributed by atoms with Crippen LogP contribution in [0.4, 0.5) is 0 Å². The number of oxazole rings is 1. The number of aromatic nitrogens is 2. The van der Waals surface area contributed by atoms with E-state index in [4.69, 9.17) is 4.42 Å². The van der Waals surface area contributed by atoms with Crippen LogP contribution in [-0.4, -0.2) is 9.97 Å². The van der Waals surface area contributed by atoms with Crippen LogP contribution in [0.3, 0.4) is 0 Å². The minimum atomic E-state index is 0.612. The van der Waals surface area contributed by atoms with Crippen molar-refractivity contribution in [3.8, 4) is 22.9 Å². The average Bonchev–Trinajstić information content (AvgIpc) is 3.05. The Morgan fingerprint density at radius 2 is 1.57 bits per heavy atom. The topological polar surface area (TPSA) is 38.9 Å². The van der Waals surface area contributed by atoms with Crippen LogP contribution in [0.15, 0.2) is 77.3 Å². The summed E-state index contributed by atoms with van der Waals surface area (Å²) in [7, 11) is 0. The molecule has 3 heteroatoms. The molecule has 0 atom stereocenters. The highest BCUT2D eigenvalue weighted by Gasteiger charge is 2.09. The lowest BCUT2D eigenvalue weighted by Crippen LogP contribution is -1.82. The maximum Gasteiger partial charge on any atom is 0.226 e. The Hall–Kier alpha value is -2.94. The van der Waals surface area contributed by atoms with Crippen molar-refractivity contribution in [2.75, 3.05) is 0 Å². The molecule has 0 saturated heterocycles. The Kier molecular flexibility index (Phi) is 2.75. The largest absolute Gasteiger partial charge is 0.434 e. The van der Waals surface area contributed by atoms with E-state index < -0.39 is 0 Å². The lowest BCUT2D eigenvalue weighted by atomic mass is 10.2. The van der Waals surface area contributed by atoms with Crippen LogP contribution >= 0.6 is 0 Å². The van der Waals surface area contributed by atoms with Crippen molar-refractivity contribution in [2.24, 2.45) is 0 Å². The van der Waals surface area contributed by atoms with E-state index in [1.165, 1.54) is 0 Å². The summed E-state index contributed by atoms with van der Waals surface area (Å²) in [6, 6.07) is 21.9. The molecular weight excluding hydrogens is 260 g/mol. The van der Waals surface area contributed by atoms with Crippen molar-refractivity contribution in [2.45, 2.75) is 0 Å². The Balaban J connectivity index is 1.77. The van der Waals surface area contributed by atoms with Gasteiger partial charge in [0.05, 0.1) is 11.7 Å². The number of para-hydroxylation sites is 1. The summed E-state index contributed by atoms with van der Waals surface area (Å²) in [6.07, 6.45) is 1.72. The van der Waals surface area contributed by atoms with E-state index >= 15 is 0 Å². The Morgan fingerprint density at radius 3 is 2.48 bits per heavy atom. The van der Waals surface area contributed by atoms with Crippen molar-refractivity contribution in [1.29, 1.82) is 0 Å². The van der Waals surface area contributed by atoms with E-state index in [-0.39, 0.29) is 0 Å². The second-order valence-electron chi connectivity index (χ2n) is 4.78. The minimum absolute atomic E-state index is 0.612. The Bertz CT molecular complexity index is 897. The molecule has 0 unspecified atom stereocenters. The van der Waals surface area contributed by atoms with Gasteiger partial charge in [0.15, 0.2) is 5.76 Å². The molecule has 2 aromatic heterocycles. The molecule has 2 aromatic carbocycles. The van der Waals surface area contributed by atoms with Crippen molar-refractivity contribution in [3.05, 3.63) is 72.9 Å². The lowest BCUT2D eigenvalue weighted by molar-refractivity contribution is 0.587. The van der Waals surface area contributed by atoms with E-state index in [9.17, 15) is 0 Å². The summed E-state index contributed by atoms with van der Waals surface area (Å²) in [6.45, 7) is 0. The van der Waals surface area contributed by atoms with Crippen LogP contribution in [0.1, 0.15) is 0 Å². The number of benzene rings is 2. The van der Waals surface area contributed by atoms with Gasteiger partial charge >= 0.3 is 0 Å². The first-order valence-electron chi connectivity index (χ1n) is 6.77. The zero-order valence-electron chi connectivity index (χ0n) is 11.2. The summed E-state index contributed by atoms with van der Waals surface area (Å²) < 4.78 is 5.83. The van der Waals surface area contributed by atoms with Crippen LogP contribution in [0.2, 0.25) is 0 Å². The first kappa shape index (κ1) is 11.9. The lowest BCUT2D eigenvalue weighted by Gasteiger charge is -1.99.